The zero-order valence-electron chi connectivity index (χ0n) is 43.6. The van der Waals surface area contributed by atoms with Gasteiger partial charge in [0.1, 0.15) is 5.82 Å². The Hall–Kier alpha value is -10.4. The lowest BCUT2D eigenvalue weighted by atomic mass is 9.86. The van der Waals surface area contributed by atoms with Gasteiger partial charge in [0.05, 0.1) is 44.5 Å². The van der Waals surface area contributed by atoms with Gasteiger partial charge in [0.15, 0.2) is 17.5 Å². The van der Waals surface area contributed by atoms with Crippen LogP contribution < -0.4 is 0 Å². The number of rotatable bonds is 8. The average molecular weight is 1020 g/mol. The molecule has 0 fully saturated rings. The number of benzene rings is 8. The summed E-state index contributed by atoms with van der Waals surface area (Å²) in [5.41, 5.74) is 15.8. The van der Waals surface area contributed by atoms with Gasteiger partial charge >= 0.3 is 0 Å². The van der Waals surface area contributed by atoms with E-state index < -0.39 is 0 Å². The molecule has 0 aliphatic heterocycles. The zero-order valence-corrected chi connectivity index (χ0v) is 43.6. The molecule has 0 atom stereocenters. The summed E-state index contributed by atoms with van der Waals surface area (Å²) in [6.45, 7) is 6.83. The highest BCUT2D eigenvalue weighted by molar-refractivity contribution is 6.12. The van der Waals surface area contributed by atoms with Crippen molar-refractivity contribution < 1.29 is 0 Å². The van der Waals surface area contributed by atoms with E-state index in [1.807, 2.05) is 85.5 Å². The number of hydrogen-bond acceptors (Lipinski definition) is 6. The Morgan fingerprint density at radius 3 is 1.42 bits per heavy atom. The Balaban J connectivity index is 1.05. The standard InChI is InChI=1S/C70H49N9/c1-70(2,3)47-32-35-61-54(40-47)50-23-12-15-27-58(50)77(61)48-33-30-44(31-34-48)65-66(79-60-29-17-14-25-52(60)57-43-72-39-37-63(57)79)55(41-64(73-65)78-59-28-16-13-24-51(59)56-42-71-38-36-62(56)78)49-22-10-11-26-53(49)69-75-67(45-18-6-4-7-19-45)74-68(76-69)46-20-8-5-9-21-46/h4-43H,1-3H3. The Kier molecular flexibility index (Phi) is 10.6. The van der Waals surface area contributed by atoms with Crippen molar-refractivity contribution in [3.05, 3.63) is 249 Å². The average Bonchev–Trinajstić information content (AvgIpc) is 4.37. The van der Waals surface area contributed by atoms with E-state index in [-0.39, 0.29) is 5.41 Å². The smallest absolute Gasteiger partial charge is 0.164 e. The summed E-state index contributed by atoms with van der Waals surface area (Å²) >= 11 is 0. The maximum Gasteiger partial charge on any atom is 0.164 e. The SMILES string of the molecule is CC(C)(C)c1ccc2c(c1)c1ccccc1n2-c1ccc(-c2nc(-n3c4ccccc4c4cnccc43)cc(-c3ccccc3-c3nc(-c4ccccc4)nc(-c4ccccc4)n3)c2-n2c3ccccc3c3cnccc32)cc1. The Bertz CT molecular complexity index is 4710. The van der Waals surface area contributed by atoms with E-state index >= 15 is 0 Å². The van der Waals surface area contributed by atoms with Crippen LogP contribution >= 0.6 is 0 Å². The van der Waals surface area contributed by atoms with Crippen molar-refractivity contribution in [2.45, 2.75) is 26.2 Å². The number of fused-ring (bicyclic) bond motifs is 9. The molecule has 0 aliphatic carbocycles. The Morgan fingerprint density at radius 2 is 0.810 bits per heavy atom. The number of para-hydroxylation sites is 3. The van der Waals surface area contributed by atoms with Crippen LogP contribution in [0.25, 0.3) is 139 Å². The van der Waals surface area contributed by atoms with Crippen molar-refractivity contribution in [1.82, 2.24) is 43.6 Å². The van der Waals surface area contributed by atoms with E-state index in [1.54, 1.807) is 0 Å². The molecule has 0 amide bonds. The largest absolute Gasteiger partial charge is 0.309 e. The Labute approximate surface area is 455 Å². The molecule has 7 aromatic heterocycles. The first-order valence-electron chi connectivity index (χ1n) is 26.7. The molecule has 9 nitrogen and oxygen atoms in total. The van der Waals surface area contributed by atoms with E-state index in [0.717, 1.165) is 111 Å². The zero-order chi connectivity index (χ0) is 52.8. The molecular weight excluding hydrogens is 967 g/mol. The molecule has 374 valence electrons. The van der Waals surface area contributed by atoms with Crippen molar-refractivity contribution in [3.63, 3.8) is 0 Å². The van der Waals surface area contributed by atoms with E-state index in [2.05, 4.69) is 202 Å². The van der Waals surface area contributed by atoms with Crippen molar-refractivity contribution in [1.29, 1.82) is 0 Å². The van der Waals surface area contributed by atoms with E-state index in [4.69, 9.17) is 19.9 Å². The summed E-state index contributed by atoms with van der Waals surface area (Å²) in [7, 11) is 0. The number of pyridine rings is 3. The summed E-state index contributed by atoms with van der Waals surface area (Å²) in [6.07, 6.45) is 7.67. The first-order valence-corrected chi connectivity index (χ1v) is 26.7. The molecule has 0 saturated heterocycles. The van der Waals surface area contributed by atoms with Crippen LogP contribution in [0.15, 0.2) is 243 Å². The highest BCUT2D eigenvalue weighted by atomic mass is 15.1. The molecule has 15 aromatic rings. The molecule has 0 unspecified atom stereocenters. The van der Waals surface area contributed by atoms with Gasteiger partial charge in [0, 0.05) is 90.6 Å². The second kappa shape index (κ2) is 18.1. The number of nitrogens with zero attached hydrogens (tertiary/aromatic N) is 9. The predicted molar refractivity (Wildman–Crippen MR) is 322 cm³/mol. The maximum absolute atomic E-state index is 5.93. The maximum atomic E-state index is 5.93. The van der Waals surface area contributed by atoms with Crippen LogP contribution in [0.4, 0.5) is 0 Å². The molecule has 79 heavy (non-hydrogen) atoms. The lowest BCUT2D eigenvalue weighted by Gasteiger charge is -2.22. The molecule has 7 heterocycles. The molecule has 0 aliphatic rings. The van der Waals surface area contributed by atoms with Gasteiger partial charge in [-0.1, -0.05) is 178 Å². The van der Waals surface area contributed by atoms with E-state index in [1.165, 1.54) is 16.3 Å². The minimum Gasteiger partial charge on any atom is -0.309 e. The van der Waals surface area contributed by atoms with Crippen LogP contribution in [-0.4, -0.2) is 43.6 Å². The first-order chi connectivity index (χ1) is 38.8. The normalized spacial score (nSPS) is 12.0. The third-order valence-corrected chi connectivity index (χ3v) is 15.5. The molecule has 0 spiro atoms. The minimum atomic E-state index is 0.00217. The first kappa shape index (κ1) is 46.0. The van der Waals surface area contributed by atoms with Crippen molar-refractivity contribution >= 4 is 65.4 Å². The molecule has 0 N–H and O–H groups in total. The van der Waals surface area contributed by atoms with Gasteiger partial charge in [-0.05, 0) is 77.2 Å². The van der Waals surface area contributed by atoms with Crippen LogP contribution in [0.5, 0.6) is 0 Å². The molecule has 8 aromatic carbocycles. The Morgan fingerprint density at radius 1 is 0.329 bits per heavy atom. The highest BCUT2D eigenvalue weighted by Crippen LogP contribution is 2.46. The molecule has 0 radical (unpaired) electrons. The van der Waals surface area contributed by atoms with Crippen LogP contribution in [0.1, 0.15) is 26.3 Å². The fourth-order valence-electron chi connectivity index (χ4n) is 11.7. The topological polar surface area (TPSA) is 92.1 Å². The second-order valence-electron chi connectivity index (χ2n) is 21.2. The van der Waals surface area contributed by atoms with Gasteiger partial charge < -0.3 is 9.13 Å². The van der Waals surface area contributed by atoms with Crippen molar-refractivity contribution in [3.8, 4) is 73.7 Å². The third kappa shape index (κ3) is 7.53. The minimum absolute atomic E-state index is 0.00217. The fourth-order valence-corrected chi connectivity index (χ4v) is 11.7. The van der Waals surface area contributed by atoms with Gasteiger partial charge in [-0.3, -0.25) is 14.5 Å². The van der Waals surface area contributed by atoms with Crippen molar-refractivity contribution in [2.75, 3.05) is 0 Å². The van der Waals surface area contributed by atoms with Gasteiger partial charge in [0.2, 0.25) is 0 Å². The van der Waals surface area contributed by atoms with Crippen LogP contribution in [0.2, 0.25) is 0 Å². The highest BCUT2D eigenvalue weighted by Gasteiger charge is 2.27. The summed E-state index contributed by atoms with van der Waals surface area (Å²) in [4.78, 5) is 31.0. The molecule has 9 heteroatoms. The van der Waals surface area contributed by atoms with E-state index in [0.29, 0.717) is 17.5 Å². The van der Waals surface area contributed by atoms with Gasteiger partial charge in [-0.25, -0.2) is 19.9 Å². The van der Waals surface area contributed by atoms with Crippen LogP contribution in [0, 0.1) is 0 Å². The molecule has 15 rings (SSSR count). The summed E-state index contributed by atoms with van der Waals surface area (Å²) in [5.74, 6) is 2.47. The third-order valence-electron chi connectivity index (χ3n) is 15.5. The fraction of sp³-hybridized carbons (Fsp3) is 0.0571. The summed E-state index contributed by atoms with van der Waals surface area (Å²) in [5, 5.41) is 6.71. The van der Waals surface area contributed by atoms with Crippen molar-refractivity contribution in [2.24, 2.45) is 0 Å². The summed E-state index contributed by atoms with van der Waals surface area (Å²) in [6, 6.07) is 77.0. The number of aromatic nitrogens is 9. The monoisotopic (exact) mass is 1020 g/mol. The van der Waals surface area contributed by atoms with Gasteiger partial charge in [-0.2, -0.15) is 0 Å². The summed E-state index contributed by atoms with van der Waals surface area (Å²) < 4.78 is 7.05. The molecular formula is C70H49N9. The lowest BCUT2D eigenvalue weighted by molar-refractivity contribution is 0.591. The van der Waals surface area contributed by atoms with Gasteiger partial charge in [-0.15, -0.1) is 0 Å². The predicted octanol–water partition coefficient (Wildman–Crippen LogP) is 17.0. The van der Waals surface area contributed by atoms with Crippen LogP contribution in [0.3, 0.4) is 0 Å². The molecule has 0 saturated carbocycles. The molecule has 0 bridgehead atoms. The van der Waals surface area contributed by atoms with E-state index in [9.17, 15) is 0 Å². The second-order valence-corrected chi connectivity index (χ2v) is 21.2. The van der Waals surface area contributed by atoms with Crippen LogP contribution in [-0.2, 0) is 5.41 Å². The number of hydrogen-bond donors (Lipinski definition) is 0. The van der Waals surface area contributed by atoms with Gasteiger partial charge in [0.25, 0.3) is 0 Å². The lowest BCUT2D eigenvalue weighted by Crippen LogP contribution is -2.10. The quantitative estimate of drug-likeness (QED) is 0.151.